The highest BCUT2D eigenvalue weighted by Gasteiger charge is 2.18. The number of nitrogens with zero attached hydrogens (tertiary/aromatic N) is 2. The number of pyridine rings is 1. The van der Waals surface area contributed by atoms with E-state index >= 15 is 0 Å². The molecule has 0 aliphatic carbocycles. The van der Waals surface area contributed by atoms with Crippen molar-refractivity contribution in [3.8, 4) is 0 Å². The molecule has 1 amide bonds. The Bertz CT molecular complexity index is 841. The summed E-state index contributed by atoms with van der Waals surface area (Å²) in [4.78, 5) is 27.6. The lowest BCUT2D eigenvalue weighted by Gasteiger charge is -2.29. The summed E-state index contributed by atoms with van der Waals surface area (Å²) in [7, 11) is 4.01. The fourth-order valence-electron chi connectivity index (χ4n) is 3.76. The van der Waals surface area contributed by atoms with E-state index in [1.54, 1.807) is 6.20 Å². The van der Waals surface area contributed by atoms with Crippen molar-refractivity contribution in [3.63, 3.8) is 0 Å². The number of hydrogen-bond donors (Lipinski definition) is 1. The van der Waals surface area contributed by atoms with Crippen molar-refractivity contribution < 1.29 is 4.79 Å². The molecule has 1 aliphatic heterocycles. The minimum atomic E-state index is -0.270. The molecule has 0 radical (unpaired) electrons. The van der Waals surface area contributed by atoms with Gasteiger partial charge in [0, 0.05) is 31.7 Å². The maximum absolute atomic E-state index is 12.7. The number of amides is 1. The molecule has 5 nitrogen and oxygen atoms in total. The van der Waals surface area contributed by atoms with E-state index in [0.29, 0.717) is 17.8 Å². The predicted molar refractivity (Wildman–Crippen MR) is 101 cm³/mol. The first-order chi connectivity index (χ1) is 12.0. The second kappa shape index (κ2) is 7.40. The van der Waals surface area contributed by atoms with Gasteiger partial charge in [-0.2, -0.15) is 0 Å². The molecule has 0 spiro atoms. The molecule has 1 N–H and O–H groups in total. The Morgan fingerprint density at radius 1 is 1.32 bits per heavy atom. The molecule has 25 heavy (non-hydrogen) atoms. The Kier molecular flexibility index (Phi) is 5.23. The summed E-state index contributed by atoms with van der Waals surface area (Å²) in [5, 5.41) is 3.54. The van der Waals surface area contributed by atoms with Crippen LogP contribution in [0.3, 0.4) is 0 Å². The minimum absolute atomic E-state index is 0.188. The third-order valence-electron chi connectivity index (χ3n) is 5.15. The lowest BCUT2D eigenvalue weighted by atomic mass is 9.95. The number of likely N-dealkylation sites (tertiary alicyclic amines) is 1. The number of aromatic nitrogens is 1. The number of fused-ring (bicyclic) bond motifs is 1. The Morgan fingerprint density at radius 3 is 2.88 bits per heavy atom. The van der Waals surface area contributed by atoms with Gasteiger partial charge in [-0.25, -0.2) is 0 Å². The van der Waals surface area contributed by atoms with Crippen LogP contribution in [0.4, 0.5) is 0 Å². The number of aryl methyl sites for hydroxylation is 2. The maximum atomic E-state index is 12.7. The molecule has 1 aliphatic rings. The Morgan fingerprint density at radius 2 is 2.12 bits per heavy atom. The van der Waals surface area contributed by atoms with Gasteiger partial charge in [-0.15, -0.1) is 0 Å². The van der Waals surface area contributed by atoms with E-state index in [2.05, 4.69) is 17.3 Å². The highest BCUT2D eigenvalue weighted by molar-refractivity contribution is 5.97. The first-order valence-electron chi connectivity index (χ1n) is 9.02. The lowest BCUT2D eigenvalue weighted by molar-refractivity contribution is 0.0946. The molecule has 2 aromatic rings. The van der Waals surface area contributed by atoms with Crippen LogP contribution in [-0.2, 0) is 7.05 Å². The van der Waals surface area contributed by atoms with Crippen LogP contribution in [0.2, 0.25) is 0 Å². The highest BCUT2D eigenvalue weighted by atomic mass is 16.2. The second-order valence-corrected chi connectivity index (χ2v) is 7.32. The van der Waals surface area contributed by atoms with Gasteiger partial charge in [-0.1, -0.05) is 11.6 Å². The molecule has 1 unspecified atom stereocenters. The van der Waals surface area contributed by atoms with Crippen LogP contribution in [0, 0.1) is 12.8 Å². The summed E-state index contributed by atoms with van der Waals surface area (Å²) in [5.74, 6) is 0.356. The zero-order valence-corrected chi connectivity index (χ0v) is 15.3. The molecule has 1 saturated heterocycles. The van der Waals surface area contributed by atoms with E-state index < -0.39 is 0 Å². The number of rotatable bonds is 4. The summed E-state index contributed by atoms with van der Waals surface area (Å²) >= 11 is 0. The summed E-state index contributed by atoms with van der Waals surface area (Å²) in [5.41, 5.74) is 1.90. The van der Waals surface area contributed by atoms with Crippen molar-refractivity contribution in [1.82, 2.24) is 14.8 Å². The monoisotopic (exact) mass is 341 g/mol. The van der Waals surface area contributed by atoms with Crippen molar-refractivity contribution in [2.24, 2.45) is 13.0 Å². The van der Waals surface area contributed by atoms with Gasteiger partial charge < -0.3 is 14.8 Å². The zero-order chi connectivity index (χ0) is 18.0. The van der Waals surface area contributed by atoms with Crippen molar-refractivity contribution in [2.45, 2.75) is 26.2 Å². The molecule has 5 heteroatoms. The molecule has 0 saturated carbocycles. The zero-order valence-electron chi connectivity index (χ0n) is 15.3. The highest BCUT2D eigenvalue weighted by Crippen LogP contribution is 2.18. The first kappa shape index (κ1) is 17.7. The van der Waals surface area contributed by atoms with Crippen molar-refractivity contribution in [3.05, 3.63) is 45.7 Å². The number of nitrogens with one attached hydrogen (secondary N) is 1. The van der Waals surface area contributed by atoms with Crippen LogP contribution in [0.15, 0.2) is 29.2 Å². The average molecular weight is 341 g/mol. The van der Waals surface area contributed by atoms with Crippen molar-refractivity contribution >= 4 is 16.8 Å². The lowest BCUT2D eigenvalue weighted by Crippen LogP contribution is -2.35. The second-order valence-electron chi connectivity index (χ2n) is 7.32. The Hall–Kier alpha value is -2.14. The largest absolute Gasteiger partial charge is 0.352 e. The number of hydrogen-bond acceptors (Lipinski definition) is 3. The van der Waals surface area contributed by atoms with Crippen LogP contribution in [0.5, 0.6) is 0 Å². The number of piperidine rings is 1. The van der Waals surface area contributed by atoms with Gasteiger partial charge in [0.05, 0.1) is 5.52 Å². The van der Waals surface area contributed by atoms with Crippen molar-refractivity contribution in [2.75, 3.05) is 26.7 Å². The van der Waals surface area contributed by atoms with E-state index in [9.17, 15) is 9.59 Å². The quantitative estimate of drug-likeness (QED) is 0.928. The molecule has 1 atom stereocenters. The molecule has 0 bridgehead atoms. The van der Waals surface area contributed by atoms with E-state index in [-0.39, 0.29) is 16.9 Å². The molecule has 1 aromatic heterocycles. The Balaban J connectivity index is 1.72. The first-order valence-corrected chi connectivity index (χ1v) is 9.02. The number of carbonyl (C=O) groups excluding carboxylic acids is 1. The topological polar surface area (TPSA) is 54.3 Å². The van der Waals surface area contributed by atoms with Crippen LogP contribution >= 0.6 is 0 Å². The average Bonchev–Trinajstić information content (AvgIpc) is 2.58. The van der Waals surface area contributed by atoms with E-state index in [0.717, 1.165) is 30.6 Å². The number of carbonyl (C=O) groups is 1. The van der Waals surface area contributed by atoms with E-state index in [1.807, 2.05) is 36.7 Å². The smallest absolute Gasteiger partial charge is 0.256 e. The molecule has 3 rings (SSSR count). The van der Waals surface area contributed by atoms with Gasteiger partial charge in [-0.3, -0.25) is 9.59 Å². The van der Waals surface area contributed by atoms with Gasteiger partial charge in [0.15, 0.2) is 0 Å². The predicted octanol–water partition coefficient (Wildman–Crippen LogP) is 2.31. The third-order valence-corrected chi connectivity index (χ3v) is 5.15. The third kappa shape index (κ3) is 3.93. The molecular weight excluding hydrogens is 314 g/mol. The van der Waals surface area contributed by atoms with E-state index in [4.69, 9.17) is 0 Å². The van der Waals surface area contributed by atoms with E-state index in [1.165, 1.54) is 12.8 Å². The Labute approximate surface area is 148 Å². The van der Waals surface area contributed by atoms with Gasteiger partial charge in [0.25, 0.3) is 5.91 Å². The van der Waals surface area contributed by atoms with Gasteiger partial charge in [0.2, 0.25) is 5.43 Å². The van der Waals surface area contributed by atoms with Crippen LogP contribution in [0.1, 0.15) is 35.2 Å². The van der Waals surface area contributed by atoms with Gasteiger partial charge in [0.1, 0.15) is 5.56 Å². The van der Waals surface area contributed by atoms with Crippen LogP contribution in [0.25, 0.3) is 10.9 Å². The molecule has 2 heterocycles. The van der Waals surface area contributed by atoms with Crippen molar-refractivity contribution in [1.29, 1.82) is 0 Å². The molecule has 1 aromatic carbocycles. The summed E-state index contributed by atoms with van der Waals surface area (Å²) in [6.07, 6.45) is 5.05. The SMILES string of the molecule is Cc1ccc2c(c1)c(=O)c(C(=O)NCCC1CCCN(C)C1)cn2C. The van der Waals surface area contributed by atoms with Crippen LogP contribution < -0.4 is 10.7 Å². The van der Waals surface area contributed by atoms with Crippen LogP contribution in [-0.4, -0.2) is 42.1 Å². The normalized spacial score (nSPS) is 18.4. The van der Waals surface area contributed by atoms with Gasteiger partial charge in [-0.05, 0) is 57.8 Å². The standard InChI is InChI=1S/C20H27N3O2/c1-14-6-7-18-16(11-14)19(24)17(13-23(18)3)20(25)21-9-8-15-5-4-10-22(2)12-15/h6-7,11,13,15H,4-5,8-10,12H2,1-3H3,(H,21,25). The number of benzene rings is 1. The maximum Gasteiger partial charge on any atom is 0.256 e. The molecule has 134 valence electrons. The summed E-state index contributed by atoms with van der Waals surface area (Å²) in [6, 6.07) is 5.75. The van der Waals surface area contributed by atoms with Gasteiger partial charge >= 0.3 is 0 Å². The molecule has 1 fully saturated rings. The minimum Gasteiger partial charge on any atom is -0.352 e. The summed E-state index contributed by atoms with van der Waals surface area (Å²) in [6.45, 7) is 4.82. The fraction of sp³-hybridized carbons (Fsp3) is 0.500. The molecular formula is C20H27N3O2. The summed E-state index contributed by atoms with van der Waals surface area (Å²) < 4.78 is 1.85. The fourth-order valence-corrected chi connectivity index (χ4v) is 3.76.